The number of hydrogen-bond acceptors (Lipinski definition) is 3. The highest BCUT2D eigenvalue weighted by molar-refractivity contribution is 7.98. The Kier molecular flexibility index (Phi) is 4.32. The lowest BCUT2D eigenvalue weighted by Gasteiger charge is -2.01. The zero-order valence-corrected chi connectivity index (χ0v) is 9.10. The first-order chi connectivity index (χ1) is 6.29. The van der Waals surface area contributed by atoms with Gasteiger partial charge in [0.1, 0.15) is 0 Å². The normalized spacial score (nSPS) is 10.7. The molecular formula is C9H17N3S. The van der Waals surface area contributed by atoms with Crippen molar-refractivity contribution in [3.05, 3.63) is 17.5 Å². The van der Waals surface area contributed by atoms with Crippen LogP contribution < -0.4 is 5.73 Å². The fraction of sp³-hybridized carbons (Fsp3) is 0.667. The second-order valence-electron chi connectivity index (χ2n) is 2.91. The summed E-state index contributed by atoms with van der Waals surface area (Å²) in [5.41, 5.74) is 8.04. The van der Waals surface area contributed by atoms with Crippen LogP contribution in [0.3, 0.4) is 0 Å². The van der Waals surface area contributed by atoms with Crippen molar-refractivity contribution in [3.8, 4) is 0 Å². The van der Waals surface area contributed by atoms with Gasteiger partial charge in [0.15, 0.2) is 0 Å². The van der Waals surface area contributed by atoms with Crippen molar-refractivity contribution >= 4 is 11.8 Å². The molecule has 1 aromatic rings. The molecule has 0 amide bonds. The zero-order valence-electron chi connectivity index (χ0n) is 8.29. The van der Waals surface area contributed by atoms with Crippen LogP contribution in [0.4, 0.5) is 0 Å². The van der Waals surface area contributed by atoms with E-state index in [4.69, 9.17) is 5.73 Å². The van der Waals surface area contributed by atoms with E-state index in [0.717, 1.165) is 24.6 Å². The molecule has 0 fully saturated rings. The van der Waals surface area contributed by atoms with Crippen molar-refractivity contribution in [2.24, 2.45) is 5.73 Å². The standard InChI is InChI=1S/C9H17N3S/c1-3-12-8(2)9(6-11-12)7-13-5-4-10/h6H,3-5,7,10H2,1-2H3. The monoisotopic (exact) mass is 199 g/mol. The van der Waals surface area contributed by atoms with Crippen LogP contribution >= 0.6 is 11.8 Å². The van der Waals surface area contributed by atoms with E-state index >= 15 is 0 Å². The molecule has 13 heavy (non-hydrogen) atoms. The molecule has 2 N–H and O–H groups in total. The van der Waals surface area contributed by atoms with Crippen molar-refractivity contribution in [1.82, 2.24) is 9.78 Å². The quantitative estimate of drug-likeness (QED) is 0.729. The predicted molar refractivity (Wildman–Crippen MR) is 57.9 cm³/mol. The van der Waals surface area contributed by atoms with E-state index in [1.807, 2.05) is 22.6 Å². The molecule has 0 atom stereocenters. The van der Waals surface area contributed by atoms with E-state index in [9.17, 15) is 0 Å². The zero-order chi connectivity index (χ0) is 9.68. The maximum atomic E-state index is 5.42. The second-order valence-corrected chi connectivity index (χ2v) is 4.02. The molecule has 74 valence electrons. The number of nitrogens with zero attached hydrogens (tertiary/aromatic N) is 2. The first-order valence-corrected chi connectivity index (χ1v) is 5.74. The van der Waals surface area contributed by atoms with Crippen molar-refractivity contribution in [3.63, 3.8) is 0 Å². The van der Waals surface area contributed by atoms with Crippen LogP contribution in [0.15, 0.2) is 6.20 Å². The van der Waals surface area contributed by atoms with Crippen molar-refractivity contribution in [2.75, 3.05) is 12.3 Å². The van der Waals surface area contributed by atoms with Gasteiger partial charge in [0.05, 0.1) is 6.20 Å². The molecule has 1 aromatic heterocycles. The highest BCUT2D eigenvalue weighted by Gasteiger charge is 2.03. The first-order valence-electron chi connectivity index (χ1n) is 4.58. The summed E-state index contributed by atoms with van der Waals surface area (Å²) in [6.07, 6.45) is 1.96. The third-order valence-electron chi connectivity index (χ3n) is 2.02. The molecule has 3 nitrogen and oxygen atoms in total. The summed E-state index contributed by atoms with van der Waals surface area (Å²) in [6, 6.07) is 0. The van der Waals surface area contributed by atoms with E-state index < -0.39 is 0 Å². The van der Waals surface area contributed by atoms with E-state index in [1.54, 1.807) is 0 Å². The minimum Gasteiger partial charge on any atom is -0.330 e. The van der Waals surface area contributed by atoms with Crippen LogP contribution in [0.2, 0.25) is 0 Å². The lowest BCUT2D eigenvalue weighted by Crippen LogP contribution is -2.02. The molecule has 0 aromatic carbocycles. The van der Waals surface area contributed by atoms with E-state index in [1.165, 1.54) is 11.3 Å². The number of nitrogens with two attached hydrogens (primary N) is 1. The largest absolute Gasteiger partial charge is 0.330 e. The number of thioether (sulfide) groups is 1. The first kappa shape index (κ1) is 10.6. The Morgan fingerprint density at radius 3 is 2.92 bits per heavy atom. The van der Waals surface area contributed by atoms with Crippen LogP contribution in [-0.4, -0.2) is 22.1 Å². The number of aryl methyl sites for hydroxylation is 1. The van der Waals surface area contributed by atoms with Crippen molar-refractivity contribution in [2.45, 2.75) is 26.1 Å². The third-order valence-corrected chi connectivity index (χ3v) is 3.06. The Bertz CT molecular complexity index is 257. The van der Waals surface area contributed by atoms with E-state index in [-0.39, 0.29) is 0 Å². The second kappa shape index (κ2) is 5.29. The van der Waals surface area contributed by atoms with Gasteiger partial charge in [0.2, 0.25) is 0 Å². The lowest BCUT2D eigenvalue weighted by molar-refractivity contribution is 0.639. The van der Waals surface area contributed by atoms with E-state index in [2.05, 4.69) is 18.9 Å². The Hall–Kier alpha value is -0.480. The van der Waals surface area contributed by atoms with Crippen LogP contribution in [0.25, 0.3) is 0 Å². The van der Waals surface area contributed by atoms with Gasteiger partial charge in [0.25, 0.3) is 0 Å². The van der Waals surface area contributed by atoms with Crippen molar-refractivity contribution < 1.29 is 0 Å². The van der Waals surface area contributed by atoms with Gasteiger partial charge in [-0.25, -0.2) is 0 Å². The van der Waals surface area contributed by atoms with Crippen LogP contribution in [0.5, 0.6) is 0 Å². The van der Waals surface area contributed by atoms with Gasteiger partial charge in [-0.2, -0.15) is 16.9 Å². The maximum Gasteiger partial charge on any atom is 0.0533 e. The van der Waals surface area contributed by atoms with Crippen LogP contribution in [-0.2, 0) is 12.3 Å². The molecule has 0 aliphatic heterocycles. The minimum atomic E-state index is 0.756. The fourth-order valence-corrected chi connectivity index (χ4v) is 2.03. The molecule has 0 radical (unpaired) electrons. The highest BCUT2D eigenvalue weighted by atomic mass is 32.2. The van der Waals surface area contributed by atoms with Crippen LogP contribution in [0.1, 0.15) is 18.2 Å². The molecule has 1 rings (SSSR count). The smallest absolute Gasteiger partial charge is 0.0533 e. The number of rotatable bonds is 5. The van der Waals surface area contributed by atoms with Gasteiger partial charge in [-0.3, -0.25) is 4.68 Å². The Morgan fingerprint density at radius 2 is 2.38 bits per heavy atom. The van der Waals surface area contributed by atoms with Gasteiger partial charge in [-0.05, 0) is 13.8 Å². The molecule has 0 bridgehead atoms. The summed E-state index contributed by atoms with van der Waals surface area (Å²) in [5.74, 6) is 2.06. The Morgan fingerprint density at radius 1 is 1.62 bits per heavy atom. The van der Waals surface area contributed by atoms with Gasteiger partial charge in [-0.1, -0.05) is 0 Å². The van der Waals surface area contributed by atoms with Gasteiger partial charge in [0, 0.05) is 35.9 Å². The highest BCUT2D eigenvalue weighted by Crippen LogP contribution is 2.14. The molecular weight excluding hydrogens is 182 g/mol. The minimum absolute atomic E-state index is 0.756. The maximum absolute atomic E-state index is 5.42. The molecule has 0 aliphatic carbocycles. The predicted octanol–water partition coefficient (Wildman–Crippen LogP) is 1.40. The topological polar surface area (TPSA) is 43.8 Å². The van der Waals surface area contributed by atoms with Gasteiger partial charge < -0.3 is 5.73 Å². The molecule has 1 heterocycles. The van der Waals surface area contributed by atoms with Crippen molar-refractivity contribution in [1.29, 1.82) is 0 Å². The number of hydrogen-bond donors (Lipinski definition) is 1. The molecule has 0 saturated heterocycles. The SMILES string of the molecule is CCn1ncc(CSCCN)c1C. The summed E-state index contributed by atoms with van der Waals surface area (Å²) in [7, 11) is 0. The summed E-state index contributed by atoms with van der Waals surface area (Å²) >= 11 is 1.87. The van der Waals surface area contributed by atoms with Gasteiger partial charge >= 0.3 is 0 Å². The molecule has 0 saturated carbocycles. The average molecular weight is 199 g/mol. The third kappa shape index (κ3) is 2.74. The van der Waals surface area contributed by atoms with Crippen LogP contribution in [0, 0.1) is 6.92 Å². The summed E-state index contributed by atoms with van der Waals surface area (Å²) in [4.78, 5) is 0. The van der Waals surface area contributed by atoms with E-state index in [0.29, 0.717) is 0 Å². The Balaban J connectivity index is 2.51. The molecule has 0 aliphatic rings. The summed E-state index contributed by atoms with van der Waals surface area (Å²) in [5, 5.41) is 4.29. The van der Waals surface area contributed by atoms with Gasteiger partial charge in [-0.15, -0.1) is 0 Å². The molecule has 4 heteroatoms. The lowest BCUT2D eigenvalue weighted by atomic mass is 10.3. The Labute approximate surface area is 83.7 Å². The molecule has 0 unspecified atom stereocenters. The summed E-state index contributed by atoms with van der Waals surface area (Å²) in [6.45, 7) is 5.94. The average Bonchev–Trinajstić information content (AvgIpc) is 2.48. The summed E-state index contributed by atoms with van der Waals surface area (Å²) < 4.78 is 2.03. The fourth-order valence-electron chi connectivity index (χ4n) is 1.21. The number of aromatic nitrogens is 2. The molecule has 0 spiro atoms.